The molecule has 0 saturated heterocycles. The van der Waals surface area contributed by atoms with Gasteiger partial charge in [-0.3, -0.25) is 0 Å². The average Bonchev–Trinajstić information content (AvgIpc) is 2.06. The topological polar surface area (TPSA) is 31.4 Å². The molecule has 0 unspecified atom stereocenters. The highest BCUT2D eigenvalue weighted by Crippen LogP contribution is 2.33. The quantitative estimate of drug-likeness (QED) is 0.786. The molecule has 0 bridgehead atoms. The second kappa shape index (κ2) is 3.71. The van der Waals surface area contributed by atoms with E-state index in [2.05, 4.69) is 20.9 Å². The van der Waals surface area contributed by atoms with Gasteiger partial charge >= 0.3 is 0 Å². The molecule has 1 aromatic heterocycles. The SMILES string of the molecule is COc1ncc(F)c(OC)c1Br. The molecule has 0 N–H and O–H groups in total. The minimum absolute atomic E-state index is 0.0989. The van der Waals surface area contributed by atoms with E-state index in [1.807, 2.05) is 0 Å². The first-order valence-electron chi connectivity index (χ1n) is 3.12. The van der Waals surface area contributed by atoms with Crippen LogP contribution in [0.1, 0.15) is 0 Å². The fourth-order valence-corrected chi connectivity index (χ4v) is 1.38. The van der Waals surface area contributed by atoms with Gasteiger partial charge in [-0.25, -0.2) is 9.37 Å². The predicted octanol–water partition coefficient (Wildman–Crippen LogP) is 2.00. The van der Waals surface area contributed by atoms with Crippen LogP contribution in [0, 0.1) is 5.82 Å². The molecule has 1 rings (SSSR count). The Kier molecular flexibility index (Phi) is 2.86. The summed E-state index contributed by atoms with van der Waals surface area (Å²) >= 11 is 3.10. The number of rotatable bonds is 2. The number of aromatic nitrogens is 1. The van der Waals surface area contributed by atoms with Crippen LogP contribution in [0.4, 0.5) is 4.39 Å². The molecule has 12 heavy (non-hydrogen) atoms. The molecule has 0 aliphatic heterocycles. The zero-order valence-electron chi connectivity index (χ0n) is 6.60. The van der Waals surface area contributed by atoms with Gasteiger partial charge in [0.2, 0.25) is 5.88 Å². The Hall–Kier alpha value is -0.840. The third kappa shape index (κ3) is 1.50. The van der Waals surface area contributed by atoms with E-state index in [9.17, 15) is 4.39 Å². The van der Waals surface area contributed by atoms with E-state index in [4.69, 9.17) is 9.47 Å². The normalized spacial score (nSPS) is 9.67. The van der Waals surface area contributed by atoms with Crippen LogP contribution in [0.3, 0.4) is 0 Å². The second-order valence-electron chi connectivity index (χ2n) is 1.96. The van der Waals surface area contributed by atoms with E-state index >= 15 is 0 Å². The molecule has 0 aliphatic rings. The molecule has 0 aliphatic carbocycles. The standard InChI is InChI=1S/C7H7BrFNO2/c1-11-6-4(9)3-10-7(12-2)5(6)8/h3H,1-2H3. The van der Waals surface area contributed by atoms with Gasteiger partial charge in [0.1, 0.15) is 4.47 Å². The summed E-state index contributed by atoms with van der Waals surface area (Å²) in [4.78, 5) is 3.68. The van der Waals surface area contributed by atoms with Crippen molar-refractivity contribution in [3.8, 4) is 11.6 Å². The molecule has 0 amide bonds. The van der Waals surface area contributed by atoms with Crippen LogP contribution in [-0.4, -0.2) is 19.2 Å². The molecule has 1 aromatic rings. The predicted molar refractivity (Wildman–Crippen MR) is 45.0 cm³/mol. The summed E-state index contributed by atoms with van der Waals surface area (Å²) in [7, 11) is 2.83. The lowest BCUT2D eigenvalue weighted by atomic mass is 10.4. The minimum atomic E-state index is -0.523. The van der Waals surface area contributed by atoms with E-state index in [1.54, 1.807) is 0 Å². The van der Waals surface area contributed by atoms with Crippen molar-refractivity contribution in [2.24, 2.45) is 0 Å². The largest absolute Gasteiger partial charge is 0.492 e. The van der Waals surface area contributed by atoms with Crippen molar-refractivity contribution in [1.82, 2.24) is 4.98 Å². The molecule has 0 radical (unpaired) electrons. The van der Waals surface area contributed by atoms with Crippen molar-refractivity contribution < 1.29 is 13.9 Å². The van der Waals surface area contributed by atoms with Crippen molar-refractivity contribution >= 4 is 15.9 Å². The molecule has 66 valence electrons. The van der Waals surface area contributed by atoms with Gasteiger partial charge in [-0.2, -0.15) is 0 Å². The van der Waals surface area contributed by atoms with E-state index in [0.29, 0.717) is 10.4 Å². The minimum Gasteiger partial charge on any atom is -0.492 e. The van der Waals surface area contributed by atoms with Crippen molar-refractivity contribution in [3.05, 3.63) is 16.5 Å². The Morgan fingerprint density at radius 1 is 1.42 bits per heavy atom. The van der Waals surface area contributed by atoms with Crippen LogP contribution < -0.4 is 9.47 Å². The summed E-state index contributed by atoms with van der Waals surface area (Å²) < 4.78 is 22.9. The number of hydrogen-bond donors (Lipinski definition) is 0. The van der Waals surface area contributed by atoms with Gasteiger partial charge in [0.25, 0.3) is 0 Å². The smallest absolute Gasteiger partial charge is 0.231 e. The van der Waals surface area contributed by atoms with E-state index in [1.165, 1.54) is 14.2 Å². The third-order valence-electron chi connectivity index (χ3n) is 1.30. The maximum atomic E-state index is 12.9. The van der Waals surface area contributed by atoms with Gasteiger partial charge in [-0.15, -0.1) is 0 Å². The van der Waals surface area contributed by atoms with Gasteiger partial charge in [0.05, 0.1) is 20.4 Å². The Balaban J connectivity index is 3.24. The number of methoxy groups -OCH3 is 2. The Morgan fingerprint density at radius 2 is 2.08 bits per heavy atom. The zero-order chi connectivity index (χ0) is 9.14. The molecule has 3 nitrogen and oxygen atoms in total. The first-order valence-corrected chi connectivity index (χ1v) is 3.92. The molecule has 0 spiro atoms. The first kappa shape index (κ1) is 9.25. The zero-order valence-corrected chi connectivity index (χ0v) is 8.18. The number of pyridine rings is 1. The molecular weight excluding hydrogens is 229 g/mol. The summed E-state index contributed by atoms with van der Waals surface area (Å²) in [6.07, 6.45) is 1.04. The second-order valence-corrected chi connectivity index (χ2v) is 2.76. The van der Waals surface area contributed by atoms with Crippen LogP contribution >= 0.6 is 15.9 Å². The highest BCUT2D eigenvalue weighted by Gasteiger charge is 2.13. The monoisotopic (exact) mass is 235 g/mol. The lowest BCUT2D eigenvalue weighted by Gasteiger charge is -2.06. The van der Waals surface area contributed by atoms with Gasteiger partial charge in [-0.05, 0) is 15.9 Å². The molecule has 0 atom stereocenters. The van der Waals surface area contributed by atoms with Gasteiger partial charge in [0.15, 0.2) is 11.6 Å². The molecule has 0 saturated carbocycles. The number of nitrogens with zero attached hydrogens (tertiary/aromatic N) is 1. The van der Waals surface area contributed by atoms with Crippen molar-refractivity contribution in [3.63, 3.8) is 0 Å². The summed E-state index contributed by atoms with van der Waals surface area (Å²) in [6.45, 7) is 0. The van der Waals surface area contributed by atoms with Crippen LogP contribution in [-0.2, 0) is 0 Å². The Morgan fingerprint density at radius 3 is 2.58 bits per heavy atom. The molecule has 5 heteroatoms. The molecule has 0 aromatic carbocycles. The highest BCUT2D eigenvalue weighted by atomic mass is 79.9. The van der Waals surface area contributed by atoms with Crippen LogP contribution in [0.25, 0.3) is 0 Å². The lowest BCUT2D eigenvalue weighted by Crippen LogP contribution is -1.95. The Bertz CT molecular complexity index is 293. The summed E-state index contributed by atoms with van der Waals surface area (Å²) in [5, 5.41) is 0. The number of halogens is 2. The molecular formula is C7H7BrFNO2. The van der Waals surface area contributed by atoms with Crippen LogP contribution in [0.15, 0.2) is 10.7 Å². The molecule has 1 heterocycles. The van der Waals surface area contributed by atoms with E-state index in [0.717, 1.165) is 6.20 Å². The summed E-state index contributed by atoms with van der Waals surface area (Å²) in [5.74, 6) is -0.125. The van der Waals surface area contributed by atoms with Gasteiger partial charge in [-0.1, -0.05) is 0 Å². The van der Waals surface area contributed by atoms with Crippen molar-refractivity contribution in [2.45, 2.75) is 0 Å². The highest BCUT2D eigenvalue weighted by molar-refractivity contribution is 9.10. The van der Waals surface area contributed by atoms with Gasteiger partial charge < -0.3 is 9.47 Å². The molecule has 0 fully saturated rings. The van der Waals surface area contributed by atoms with Crippen molar-refractivity contribution in [2.75, 3.05) is 14.2 Å². The van der Waals surface area contributed by atoms with E-state index < -0.39 is 5.82 Å². The van der Waals surface area contributed by atoms with Crippen LogP contribution in [0.2, 0.25) is 0 Å². The van der Waals surface area contributed by atoms with Crippen molar-refractivity contribution in [1.29, 1.82) is 0 Å². The van der Waals surface area contributed by atoms with Gasteiger partial charge in [0, 0.05) is 0 Å². The van der Waals surface area contributed by atoms with Crippen LogP contribution in [0.5, 0.6) is 11.6 Å². The number of ether oxygens (including phenoxy) is 2. The maximum Gasteiger partial charge on any atom is 0.231 e. The first-order chi connectivity index (χ1) is 5.70. The lowest BCUT2D eigenvalue weighted by molar-refractivity contribution is 0.359. The maximum absolute atomic E-state index is 12.9. The summed E-state index contributed by atoms with van der Waals surface area (Å²) in [6, 6.07) is 0. The number of hydrogen-bond acceptors (Lipinski definition) is 3. The fraction of sp³-hybridized carbons (Fsp3) is 0.286. The average molecular weight is 236 g/mol. The summed E-state index contributed by atoms with van der Waals surface area (Å²) in [5.41, 5.74) is 0. The van der Waals surface area contributed by atoms with E-state index in [-0.39, 0.29) is 5.75 Å². The Labute approximate surface area is 77.6 Å². The third-order valence-corrected chi connectivity index (χ3v) is 2.00. The fourth-order valence-electron chi connectivity index (χ4n) is 0.762.